The van der Waals surface area contributed by atoms with Gasteiger partial charge in [-0.2, -0.15) is 0 Å². The molecule has 1 aromatic heterocycles. The Labute approximate surface area is 104 Å². The van der Waals surface area contributed by atoms with Gasteiger partial charge in [0.15, 0.2) is 4.67 Å². The Balaban J connectivity index is 2.18. The van der Waals surface area contributed by atoms with E-state index in [-0.39, 0.29) is 0 Å². The van der Waals surface area contributed by atoms with E-state index >= 15 is 0 Å². The van der Waals surface area contributed by atoms with E-state index in [1.807, 2.05) is 12.1 Å². The summed E-state index contributed by atoms with van der Waals surface area (Å²) in [6.45, 7) is 7.83. The third-order valence-electron chi connectivity index (χ3n) is 2.24. The third-order valence-corrected chi connectivity index (χ3v) is 2.67. The van der Waals surface area contributed by atoms with Gasteiger partial charge in [-0.05, 0) is 41.2 Å². The fourth-order valence-electron chi connectivity index (χ4n) is 1.25. The number of hydrogen-bond acceptors (Lipinski definition) is 4. The molecule has 90 valence electrons. The summed E-state index contributed by atoms with van der Waals surface area (Å²) in [5, 5.41) is 3.83. The molecule has 0 unspecified atom stereocenters. The molecule has 0 spiro atoms. The average molecular weight is 289 g/mol. The molecule has 0 fully saturated rings. The SMILES string of the molecule is CCN(CC)CCON=Cc1ccc(Br)o1. The molecular weight excluding hydrogens is 272 g/mol. The minimum atomic E-state index is 0.597. The molecule has 0 aliphatic carbocycles. The van der Waals surface area contributed by atoms with E-state index in [1.165, 1.54) is 0 Å². The van der Waals surface area contributed by atoms with Crippen LogP contribution in [-0.4, -0.2) is 37.4 Å². The van der Waals surface area contributed by atoms with Crippen LogP contribution in [0.1, 0.15) is 19.6 Å². The summed E-state index contributed by atoms with van der Waals surface area (Å²) in [6, 6.07) is 3.64. The van der Waals surface area contributed by atoms with Gasteiger partial charge in [0.2, 0.25) is 0 Å². The van der Waals surface area contributed by atoms with E-state index in [1.54, 1.807) is 6.21 Å². The standard InChI is InChI=1S/C11H17BrN2O2/c1-3-14(4-2)7-8-15-13-9-10-5-6-11(12)16-10/h5-6,9H,3-4,7-8H2,1-2H3. The maximum Gasteiger partial charge on any atom is 0.169 e. The predicted molar refractivity (Wildman–Crippen MR) is 67.7 cm³/mol. The van der Waals surface area contributed by atoms with E-state index in [4.69, 9.17) is 9.25 Å². The highest BCUT2D eigenvalue weighted by Crippen LogP contribution is 2.12. The Morgan fingerprint density at radius 1 is 1.44 bits per heavy atom. The van der Waals surface area contributed by atoms with Crippen LogP contribution in [0.2, 0.25) is 0 Å². The van der Waals surface area contributed by atoms with Crippen LogP contribution >= 0.6 is 15.9 Å². The molecule has 0 saturated carbocycles. The van der Waals surface area contributed by atoms with Crippen molar-refractivity contribution >= 4 is 22.1 Å². The highest BCUT2D eigenvalue weighted by atomic mass is 79.9. The second-order valence-corrected chi connectivity index (χ2v) is 4.02. The molecule has 4 nitrogen and oxygen atoms in total. The first-order chi connectivity index (χ1) is 7.76. The van der Waals surface area contributed by atoms with Gasteiger partial charge in [0.05, 0.1) is 0 Å². The minimum absolute atomic E-state index is 0.597. The zero-order valence-electron chi connectivity index (χ0n) is 9.65. The van der Waals surface area contributed by atoms with Crippen molar-refractivity contribution in [1.29, 1.82) is 0 Å². The van der Waals surface area contributed by atoms with Crippen molar-refractivity contribution in [3.05, 3.63) is 22.6 Å². The molecule has 0 radical (unpaired) electrons. The Kier molecular flexibility index (Phi) is 6.18. The summed E-state index contributed by atoms with van der Waals surface area (Å²) in [5.41, 5.74) is 0. The van der Waals surface area contributed by atoms with E-state index in [2.05, 4.69) is 39.8 Å². The van der Waals surface area contributed by atoms with Gasteiger partial charge in [0.25, 0.3) is 0 Å². The molecule has 0 aliphatic heterocycles. The molecule has 0 atom stereocenters. The van der Waals surface area contributed by atoms with Gasteiger partial charge in [0.1, 0.15) is 18.6 Å². The van der Waals surface area contributed by atoms with Crippen LogP contribution in [-0.2, 0) is 4.84 Å². The smallest absolute Gasteiger partial charge is 0.169 e. The number of halogens is 1. The topological polar surface area (TPSA) is 38.0 Å². The molecule has 0 amide bonds. The quantitative estimate of drug-likeness (QED) is 0.440. The fourth-order valence-corrected chi connectivity index (χ4v) is 1.57. The first-order valence-corrected chi connectivity index (χ1v) is 6.18. The average Bonchev–Trinajstić information content (AvgIpc) is 2.70. The molecule has 16 heavy (non-hydrogen) atoms. The number of furan rings is 1. The largest absolute Gasteiger partial charge is 0.448 e. The second-order valence-electron chi connectivity index (χ2n) is 3.24. The summed E-state index contributed by atoms with van der Waals surface area (Å²) in [4.78, 5) is 7.41. The molecule has 1 aromatic rings. The predicted octanol–water partition coefficient (Wildman–Crippen LogP) is 2.73. The van der Waals surface area contributed by atoms with Gasteiger partial charge in [-0.25, -0.2) is 0 Å². The van der Waals surface area contributed by atoms with Gasteiger partial charge >= 0.3 is 0 Å². The van der Waals surface area contributed by atoms with Gasteiger partial charge in [0, 0.05) is 6.54 Å². The Morgan fingerprint density at radius 2 is 2.19 bits per heavy atom. The molecule has 0 bridgehead atoms. The molecule has 0 saturated heterocycles. The highest BCUT2D eigenvalue weighted by molar-refractivity contribution is 9.10. The van der Waals surface area contributed by atoms with Gasteiger partial charge in [-0.3, -0.25) is 0 Å². The lowest BCUT2D eigenvalue weighted by Crippen LogP contribution is -2.26. The van der Waals surface area contributed by atoms with Crippen LogP contribution in [0.3, 0.4) is 0 Å². The van der Waals surface area contributed by atoms with Crippen LogP contribution in [0.4, 0.5) is 0 Å². The van der Waals surface area contributed by atoms with Crippen molar-refractivity contribution in [2.24, 2.45) is 5.16 Å². The van der Waals surface area contributed by atoms with Crippen LogP contribution in [0.25, 0.3) is 0 Å². The molecule has 5 heteroatoms. The maximum absolute atomic E-state index is 5.23. The zero-order chi connectivity index (χ0) is 11.8. The van der Waals surface area contributed by atoms with Crippen LogP contribution in [0.15, 0.2) is 26.4 Å². The number of nitrogens with zero attached hydrogens (tertiary/aromatic N) is 2. The molecule has 1 heterocycles. The lowest BCUT2D eigenvalue weighted by Gasteiger charge is -2.16. The number of hydrogen-bond donors (Lipinski definition) is 0. The summed E-state index contributed by atoms with van der Waals surface area (Å²) < 4.78 is 5.92. The third kappa shape index (κ3) is 4.81. The van der Waals surface area contributed by atoms with E-state index < -0.39 is 0 Å². The second kappa shape index (κ2) is 7.46. The minimum Gasteiger partial charge on any atom is -0.448 e. The van der Waals surface area contributed by atoms with E-state index in [9.17, 15) is 0 Å². The molecule has 0 aliphatic rings. The fraction of sp³-hybridized carbons (Fsp3) is 0.545. The zero-order valence-corrected chi connectivity index (χ0v) is 11.2. The monoisotopic (exact) mass is 288 g/mol. The van der Waals surface area contributed by atoms with Crippen molar-refractivity contribution in [1.82, 2.24) is 4.90 Å². The first kappa shape index (κ1) is 13.3. The molecule has 0 N–H and O–H groups in total. The van der Waals surface area contributed by atoms with Gasteiger partial charge in [-0.15, -0.1) is 0 Å². The summed E-state index contributed by atoms with van der Waals surface area (Å²) in [5.74, 6) is 0.676. The Morgan fingerprint density at radius 3 is 2.75 bits per heavy atom. The highest BCUT2D eigenvalue weighted by Gasteiger charge is 1.98. The summed E-state index contributed by atoms with van der Waals surface area (Å²) in [6.07, 6.45) is 1.56. The van der Waals surface area contributed by atoms with Crippen LogP contribution in [0.5, 0.6) is 0 Å². The summed E-state index contributed by atoms with van der Waals surface area (Å²) in [7, 11) is 0. The normalized spacial score (nSPS) is 11.5. The van der Waals surface area contributed by atoms with Gasteiger partial charge < -0.3 is 14.2 Å². The van der Waals surface area contributed by atoms with Gasteiger partial charge in [-0.1, -0.05) is 19.0 Å². The lowest BCUT2D eigenvalue weighted by molar-refractivity contribution is 0.115. The summed E-state index contributed by atoms with van der Waals surface area (Å²) >= 11 is 3.22. The van der Waals surface area contributed by atoms with Crippen LogP contribution in [0, 0.1) is 0 Å². The Hall–Kier alpha value is -0.810. The number of likely N-dealkylation sites (N-methyl/N-ethyl adjacent to an activating group) is 1. The van der Waals surface area contributed by atoms with Crippen molar-refractivity contribution < 1.29 is 9.25 Å². The van der Waals surface area contributed by atoms with E-state index in [0.717, 1.165) is 19.6 Å². The van der Waals surface area contributed by atoms with Crippen molar-refractivity contribution in [3.63, 3.8) is 0 Å². The lowest BCUT2D eigenvalue weighted by atomic mass is 10.5. The molecule has 1 rings (SSSR count). The first-order valence-electron chi connectivity index (χ1n) is 5.39. The maximum atomic E-state index is 5.23. The number of rotatable bonds is 7. The molecule has 0 aromatic carbocycles. The van der Waals surface area contributed by atoms with Crippen molar-refractivity contribution in [3.8, 4) is 0 Å². The molecular formula is C11H17BrN2O2. The Bertz CT molecular complexity index is 322. The number of oxime groups is 1. The van der Waals surface area contributed by atoms with E-state index in [0.29, 0.717) is 17.0 Å². The van der Waals surface area contributed by atoms with Crippen molar-refractivity contribution in [2.75, 3.05) is 26.2 Å². The van der Waals surface area contributed by atoms with Crippen molar-refractivity contribution in [2.45, 2.75) is 13.8 Å². The van der Waals surface area contributed by atoms with Crippen LogP contribution < -0.4 is 0 Å².